The third-order valence-corrected chi connectivity index (χ3v) is 2.26. The van der Waals surface area contributed by atoms with Crippen LogP contribution in [0.4, 0.5) is 0 Å². The Kier molecular flexibility index (Phi) is 6.99. The molecular weight excluding hydrogens is 164 g/mol. The Hall–Kier alpha value is 0.190. The van der Waals surface area contributed by atoms with Crippen molar-refractivity contribution in [3.63, 3.8) is 0 Å². The molecule has 68 valence electrons. The Morgan fingerprint density at radius 3 is 2.64 bits per heavy atom. The molecule has 0 rings (SSSR count). The molecule has 0 fully saturated rings. The molecule has 0 aliphatic carbocycles. The van der Waals surface area contributed by atoms with Gasteiger partial charge >= 0.3 is 0 Å². The molecule has 5 N–H and O–H groups in total. The van der Waals surface area contributed by atoms with E-state index in [-0.39, 0.29) is 0 Å². The van der Waals surface area contributed by atoms with Crippen molar-refractivity contribution in [3.8, 4) is 0 Å². The highest BCUT2D eigenvalue weighted by Crippen LogP contribution is 2.03. The van der Waals surface area contributed by atoms with E-state index < -0.39 is 12.5 Å². The number of rotatable bonds is 6. The predicted molar refractivity (Wildman–Crippen MR) is 47.2 cm³/mol. The summed E-state index contributed by atoms with van der Waals surface area (Å²) in [6, 6.07) is 0. The van der Waals surface area contributed by atoms with Gasteiger partial charge in [0, 0.05) is 5.75 Å². The van der Waals surface area contributed by atoms with Crippen LogP contribution >= 0.6 is 11.8 Å². The molecule has 4 nitrogen and oxygen atoms in total. The van der Waals surface area contributed by atoms with Crippen molar-refractivity contribution in [3.05, 3.63) is 0 Å². The van der Waals surface area contributed by atoms with Gasteiger partial charge in [0.25, 0.3) is 0 Å². The molecule has 0 spiro atoms. The highest BCUT2D eigenvalue weighted by molar-refractivity contribution is 7.99. The lowest BCUT2D eigenvalue weighted by molar-refractivity contribution is 0.144. The standard InChI is InChI=1S/C6H16N2O2S/c1-8-6(10)2-3-11-4-5(7)9/h5-6,8-10H,2-4,7H2,1H3. The van der Waals surface area contributed by atoms with Crippen LogP contribution in [0.5, 0.6) is 0 Å². The van der Waals surface area contributed by atoms with Gasteiger partial charge < -0.3 is 15.9 Å². The van der Waals surface area contributed by atoms with Crippen molar-refractivity contribution in [2.75, 3.05) is 18.6 Å². The van der Waals surface area contributed by atoms with Gasteiger partial charge in [-0.2, -0.15) is 11.8 Å². The zero-order valence-corrected chi connectivity index (χ0v) is 7.47. The van der Waals surface area contributed by atoms with Crippen molar-refractivity contribution in [1.29, 1.82) is 0 Å². The second kappa shape index (κ2) is 6.87. The maximum atomic E-state index is 9.00. The fraction of sp³-hybridized carbons (Fsp3) is 1.00. The lowest BCUT2D eigenvalue weighted by Crippen LogP contribution is -2.26. The molecule has 0 saturated carbocycles. The van der Waals surface area contributed by atoms with Gasteiger partial charge in [0.15, 0.2) is 0 Å². The van der Waals surface area contributed by atoms with Crippen LogP contribution in [0, 0.1) is 0 Å². The van der Waals surface area contributed by atoms with Crippen molar-refractivity contribution < 1.29 is 10.2 Å². The van der Waals surface area contributed by atoms with E-state index in [1.54, 1.807) is 7.05 Å². The number of aliphatic hydroxyl groups excluding tert-OH is 2. The van der Waals surface area contributed by atoms with E-state index in [1.807, 2.05) is 0 Å². The number of nitrogens with one attached hydrogen (secondary N) is 1. The third-order valence-electron chi connectivity index (χ3n) is 1.16. The zero-order valence-electron chi connectivity index (χ0n) is 6.66. The topological polar surface area (TPSA) is 78.5 Å². The maximum absolute atomic E-state index is 9.00. The van der Waals surface area contributed by atoms with Gasteiger partial charge in [0.2, 0.25) is 0 Å². The van der Waals surface area contributed by atoms with E-state index in [0.717, 1.165) is 5.75 Å². The normalized spacial score (nSPS) is 16.4. The lowest BCUT2D eigenvalue weighted by atomic mass is 10.4. The summed E-state index contributed by atoms with van der Waals surface area (Å²) in [5.74, 6) is 1.33. The summed E-state index contributed by atoms with van der Waals surface area (Å²) in [5, 5.41) is 20.4. The molecule has 5 heteroatoms. The Bertz CT molecular complexity index is 92.7. The highest BCUT2D eigenvalue weighted by atomic mass is 32.2. The largest absolute Gasteiger partial charge is 0.379 e. The van der Waals surface area contributed by atoms with E-state index in [4.69, 9.17) is 15.9 Å². The molecule has 0 aliphatic rings. The quantitative estimate of drug-likeness (QED) is 0.309. The van der Waals surface area contributed by atoms with Crippen LogP contribution in [0.3, 0.4) is 0 Å². The van der Waals surface area contributed by atoms with Gasteiger partial charge in [-0.1, -0.05) is 0 Å². The van der Waals surface area contributed by atoms with Crippen LogP contribution in [-0.4, -0.2) is 41.2 Å². The SMILES string of the molecule is CNC(O)CCSCC(N)O. The second-order valence-corrected chi connectivity index (χ2v) is 3.39. The Balaban J connectivity index is 3.01. The molecule has 2 unspecified atom stereocenters. The van der Waals surface area contributed by atoms with Crippen molar-refractivity contribution >= 4 is 11.8 Å². The number of thioether (sulfide) groups is 1. The lowest BCUT2D eigenvalue weighted by Gasteiger charge is -2.08. The minimum absolute atomic E-state index is 0.447. The molecule has 0 aliphatic heterocycles. The first-order valence-corrected chi connectivity index (χ1v) is 4.69. The first kappa shape index (κ1) is 11.2. The van der Waals surface area contributed by atoms with Crippen LogP contribution in [0.15, 0.2) is 0 Å². The number of hydrogen-bond donors (Lipinski definition) is 4. The predicted octanol–water partition coefficient (Wildman–Crippen LogP) is -1.08. The summed E-state index contributed by atoms with van der Waals surface area (Å²) in [5.41, 5.74) is 5.10. The number of hydrogen-bond acceptors (Lipinski definition) is 5. The van der Waals surface area contributed by atoms with Crippen molar-refractivity contribution in [2.45, 2.75) is 18.9 Å². The molecule has 0 aromatic rings. The third kappa shape index (κ3) is 8.09. The first-order valence-electron chi connectivity index (χ1n) is 3.53. The summed E-state index contributed by atoms with van der Waals surface area (Å²) in [6.07, 6.45) is -0.516. The van der Waals surface area contributed by atoms with Gasteiger partial charge in [-0.15, -0.1) is 0 Å². The minimum atomic E-state index is -0.744. The zero-order chi connectivity index (χ0) is 8.69. The van der Waals surface area contributed by atoms with Gasteiger partial charge in [-0.3, -0.25) is 5.32 Å². The molecule has 0 aromatic heterocycles. The van der Waals surface area contributed by atoms with Crippen LogP contribution in [0.1, 0.15) is 6.42 Å². The van der Waals surface area contributed by atoms with Crippen molar-refractivity contribution in [2.24, 2.45) is 5.73 Å². The summed E-state index contributed by atoms with van der Waals surface area (Å²) >= 11 is 1.53. The second-order valence-electron chi connectivity index (χ2n) is 2.24. The van der Waals surface area contributed by atoms with Crippen LogP contribution < -0.4 is 11.1 Å². The molecule has 0 amide bonds. The molecule has 0 saturated heterocycles. The van der Waals surface area contributed by atoms with Gasteiger partial charge in [0.1, 0.15) is 12.5 Å². The van der Waals surface area contributed by atoms with Crippen LogP contribution in [0.2, 0.25) is 0 Å². The average Bonchev–Trinajstić information content (AvgIpc) is 1.97. The summed E-state index contributed by atoms with van der Waals surface area (Å²) in [7, 11) is 1.70. The van der Waals surface area contributed by atoms with E-state index >= 15 is 0 Å². The first-order chi connectivity index (χ1) is 5.16. The highest BCUT2D eigenvalue weighted by Gasteiger charge is 2.00. The van der Waals surface area contributed by atoms with E-state index in [1.165, 1.54) is 11.8 Å². The fourth-order valence-corrected chi connectivity index (χ4v) is 1.34. The molecule has 0 aromatic carbocycles. The minimum Gasteiger partial charge on any atom is -0.379 e. The van der Waals surface area contributed by atoms with E-state index in [2.05, 4.69) is 5.32 Å². The molecular formula is C6H16N2O2S. The number of aliphatic hydroxyl groups is 2. The van der Waals surface area contributed by atoms with E-state index in [0.29, 0.717) is 12.2 Å². The van der Waals surface area contributed by atoms with Crippen LogP contribution in [0.25, 0.3) is 0 Å². The van der Waals surface area contributed by atoms with Crippen molar-refractivity contribution in [1.82, 2.24) is 5.32 Å². The smallest absolute Gasteiger partial charge is 0.111 e. The van der Waals surface area contributed by atoms with Gasteiger partial charge in [-0.25, -0.2) is 0 Å². The maximum Gasteiger partial charge on any atom is 0.111 e. The summed E-state index contributed by atoms with van der Waals surface area (Å²) in [6.45, 7) is 0. The van der Waals surface area contributed by atoms with Crippen LogP contribution in [-0.2, 0) is 0 Å². The summed E-state index contributed by atoms with van der Waals surface area (Å²) < 4.78 is 0. The molecule has 0 heterocycles. The molecule has 0 bridgehead atoms. The molecule has 2 atom stereocenters. The Labute approximate surface area is 71.2 Å². The Morgan fingerprint density at radius 2 is 2.18 bits per heavy atom. The monoisotopic (exact) mass is 180 g/mol. The van der Waals surface area contributed by atoms with Gasteiger partial charge in [0.05, 0.1) is 0 Å². The summed E-state index contributed by atoms with van der Waals surface area (Å²) in [4.78, 5) is 0. The average molecular weight is 180 g/mol. The van der Waals surface area contributed by atoms with E-state index in [9.17, 15) is 0 Å². The number of nitrogens with two attached hydrogens (primary N) is 1. The molecule has 0 radical (unpaired) electrons. The Morgan fingerprint density at radius 1 is 1.55 bits per heavy atom. The fourth-order valence-electron chi connectivity index (χ4n) is 0.543. The van der Waals surface area contributed by atoms with Gasteiger partial charge in [-0.05, 0) is 19.2 Å². The molecule has 11 heavy (non-hydrogen) atoms.